The van der Waals surface area contributed by atoms with Gasteiger partial charge in [0.1, 0.15) is 5.75 Å². The Kier molecular flexibility index (Phi) is 8.30. The Morgan fingerprint density at radius 3 is 2.43 bits per heavy atom. The quantitative estimate of drug-likeness (QED) is 0.742. The molecule has 5 nitrogen and oxygen atoms in total. The second-order valence-corrected chi connectivity index (χ2v) is 7.11. The number of carbonyl (C=O) groups is 1. The van der Waals surface area contributed by atoms with Crippen molar-refractivity contribution >= 4 is 24.0 Å². The molecule has 1 aliphatic rings. The fourth-order valence-electron chi connectivity index (χ4n) is 3.99. The molecule has 1 fully saturated rings. The molecule has 3 N–H and O–H groups in total. The maximum absolute atomic E-state index is 12.9. The van der Waals surface area contributed by atoms with Gasteiger partial charge in [-0.2, -0.15) is 0 Å². The van der Waals surface area contributed by atoms with E-state index in [2.05, 4.69) is 41.4 Å². The first-order valence-electron chi connectivity index (χ1n) is 9.60. The lowest BCUT2D eigenvalue weighted by atomic mass is 9.89. The highest BCUT2D eigenvalue weighted by molar-refractivity contribution is 5.94. The molecule has 3 atom stereocenters. The highest BCUT2D eigenvalue weighted by Gasteiger charge is 2.37. The number of halogens is 1. The van der Waals surface area contributed by atoms with Crippen LogP contribution in [0.2, 0.25) is 0 Å². The molecule has 0 saturated carbocycles. The van der Waals surface area contributed by atoms with Crippen molar-refractivity contribution in [3.63, 3.8) is 0 Å². The van der Waals surface area contributed by atoms with Crippen LogP contribution in [0.25, 0.3) is 0 Å². The summed E-state index contributed by atoms with van der Waals surface area (Å²) < 4.78 is 5.17. The average molecular weight is 404 g/mol. The molecular weight excluding hydrogens is 374 g/mol. The van der Waals surface area contributed by atoms with Gasteiger partial charge in [0, 0.05) is 24.7 Å². The molecule has 2 aromatic carbocycles. The van der Waals surface area contributed by atoms with E-state index in [1.165, 1.54) is 5.56 Å². The largest absolute Gasteiger partial charge is 0.497 e. The summed E-state index contributed by atoms with van der Waals surface area (Å²) in [6.45, 7) is 4.41. The molecule has 28 heavy (non-hydrogen) atoms. The Balaban J connectivity index is 0.00000280. The highest BCUT2D eigenvalue weighted by Crippen LogP contribution is 2.33. The molecule has 0 radical (unpaired) electrons. The number of benzene rings is 2. The van der Waals surface area contributed by atoms with Gasteiger partial charge in [0.25, 0.3) is 0 Å². The molecule has 1 heterocycles. The summed E-state index contributed by atoms with van der Waals surface area (Å²) in [6.07, 6.45) is 0.765. The predicted octanol–water partition coefficient (Wildman–Crippen LogP) is 3.51. The van der Waals surface area contributed by atoms with E-state index in [1.54, 1.807) is 7.11 Å². The number of anilines is 1. The number of nitrogens with zero attached hydrogens (tertiary/aromatic N) is 1. The van der Waals surface area contributed by atoms with Crippen molar-refractivity contribution in [1.82, 2.24) is 4.90 Å². The number of rotatable bonds is 7. The van der Waals surface area contributed by atoms with Crippen LogP contribution in [0.15, 0.2) is 54.6 Å². The Morgan fingerprint density at radius 2 is 1.86 bits per heavy atom. The van der Waals surface area contributed by atoms with Crippen molar-refractivity contribution in [3.8, 4) is 5.75 Å². The van der Waals surface area contributed by atoms with Crippen LogP contribution in [-0.4, -0.2) is 43.6 Å². The summed E-state index contributed by atoms with van der Waals surface area (Å²) in [5.74, 6) is 1.55. The fourth-order valence-corrected chi connectivity index (χ4v) is 3.99. The van der Waals surface area contributed by atoms with Gasteiger partial charge in [0.05, 0.1) is 13.2 Å². The van der Waals surface area contributed by atoms with E-state index >= 15 is 0 Å². The molecule has 0 aromatic heterocycles. The Hall–Kier alpha value is -2.08. The van der Waals surface area contributed by atoms with Gasteiger partial charge in [-0.15, -0.1) is 12.4 Å². The monoisotopic (exact) mass is 403 g/mol. The van der Waals surface area contributed by atoms with Crippen molar-refractivity contribution in [2.45, 2.75) is 25.3 Å². The molecule has 2 aromatic rings. The predicted molar refractivity (Wildman–Crippen MR) is 116 cm³/mol. The lowest BCUT2D eigenvalue weighted by Crippen LogP contribution is -2.42. The minimum absolute atomic E-state index is 0. The first-order valence-corrected chi connectivity index (χ1v) is 9.60. The van der Waals surface area contributed by atoms with Gasteiger partial charge in [-0.05, 0) is 48.7 Å². The minimum atomic E-state index is -0.158. The summed E-state index contributed by atoms with van der Waals surface area (Å²) in [5.41, 5.74) is 8.15. The van der Waals surface area contributed by atoms with Crippen molar-refractivity contribution in [3.05, 3.63) is 60.2 Å². The van der Waals surface area contributed by atoms with E-state index in [1.807, 2.05) is 30.3 Å². The van der Waals surface area contributed by atoms with E-state index in [9.17, 15) is 4.79 Å². The van der Waals surface area contributed by atoms with Crippen molar-refractivity contribution in [1.29, 1.82) is 0 Å². The zero-order valence-electron chi connectivity index (χ0n) is 16.5. The SMILES string of the molecule is CCC(C(=O)Nc1ccc(OC)cc1)N1C[C@@H](CN)[C@H](c2ccccc2)C1.Cl. The van der Waals surface area contributed by atoms with E-state index in [0.717, 1.165) is 30.9 Å². The molecule has 6 heteroatoms. The van der Waals surface area contributed by atoms with Crippen molar-refractivity contribution in [2.24, 2.45) is 11.7 Å². The normalized spacial score (nSPS) is 20.2. The topological polar surface area (TPSA) is 67.6 Å². The number of nitrogens with two attached hydrogens (primary N) is 1. The summed E-state index contributed by atoms with van der Waals surface area (Å²) in [7, 11) is 1.63. The van der Waals surface area contributed by atoms with Crippen LogP contribution in [0.5, 0.6) is 5.75 Å². The van der Waals surface area contributed by atoms with Crippen LogP contribution in [0.1, 0.15) is 24.8 Å². The van der Waals surface area contributed by atoms with Gasteiger partial charge in [0.15, 0.2) is 0 Å². The van der Waals surface area contributed by atoms with E-state index < -0.39 is 0 Å². The summed E-state index contributed by atoms with van der Waals surface area (Å²) in [5, 5.41) is 3.04. The molecule has 3 rings (SSSR count). The summed E-state index contributed by atoms with van der Waals surface area (Å²) in [4.78, 5) is 15.2. The first kappa shape index (κ1) is 22.2. The van der Waals surface area contributed by atoms with Gasteiger partial charge < -0.3 is 15.8 Å². The van der Waals surface area contributed by atoms with Crippen LogP contribution in [0.4, 0.5) is 5.69 Å². The second kappa shape index (κ2) is 10.5. The fraction of sp³-hybridized carbons (Fsp3) is 0.409. The first-order chi connectivity index (χ1) is 13.2. The summed E-state index contributed by atoms with van der Waals surface area (Å²) in [6, 6.07) is 17.8. The number of likely N-dealkylation sites (tertiary alicyclic amines) is 1. The third-order valence-corrected chi connectivity index (χ3v) is 5.49. The summed E-state index contributed by atoms with van der Waals surface area (Å²) >= 11 is 0. The van der Waals surface area contributed by atoms with Gasteiger partial charge >= 0.3 is 0 Å². The number of methoxy groups -OCH3 is 1. The number of hydrogen-bond acceptors (Lipinski definition) is 4. The Morgan fingerprint density at radius 1 is 1.18 bits per heavy atom. The number of ether oxygens (including phenoxy) is 1. The molecule has 0 spiro atoms. The third kappa shape index (κ3) is 5.04. The smallest absolute Gasteiger partial charge is 0.241 e. The lowest BCUT2D eigenvalue weighted by molar-refractivity contribution is -0.121. The number of carbonyl (C=O) groups excluding carboxylic acids is 1. The van der Waals surface area contributed by atoms with Gasteiger partial charge in [-0.3, -0.25) is 9.69 Å². The van der Waals surface area contributed by atoms with Crippen LogP contribution in [0.3, 0.4) is 0 Å². The van der Waals surface area contributed by atoms with Crippen LogP contribution in [0, 0.1) is 5.92 Å². The van der Waals surface area contributed by atoms with Gasteiger partial charge in [-0.25, -0.2) is 0 Å². The van der Waals surface area contributed by atoms with E-state index in [0.29, 0.717) is 18.4 Å². The second-order valence-electron chi connectivity index (χ2n) is 7.11. The van der Waals surface area contributed by atoms with Gasteiger partial charge in [0.2, 0.25) is 5.91 Å². The molecule has 152 valence electrons. The highest BCUT2D eigenvalue weighted by atomic mass is 35.5. The molecular formula is C22H30ClN3O2. The van der Waals surface area contributed by atoms with E-state index in [4.69, 9.17) is 10.5 Å². The number of hydrogen-bond donors (Lipinski definition) is 2. The average Bonchev–Trinajstić information content (AvgIpc) is 3.14. The third-order valence-electron chi connectivity index (χ3n) is 5.49. The molecule has 1 aliphatic heterocycles. The standard InChI is InChI=1S/C22H29N3O2.ClH/c1-3-21(22(26)24-18-9-11-19(27-2)12-10-18)25-14-17(13-23)20(15-25)16-7-5-4-6-8-16;/h4-12,17,20-21H,3,13-15,23H2,1-2H3,(H,24,26);1H/t17-,20+,21?;/m1./s1. The maximum atomic E-state index is 12.9. The Bertz CT molecular complexity index is 739. The van der Waals surface area contributed by atoms with E-state index in [-0.39, 0.29) is 24.4 Å². The Labute approximate surface area is 173 Å². The van der Waals surface area contributed by atoms with Crippen LogP contribution >= 0.6 is 12.4 Å². The molecule has 0 bridgehead atoms. The van der Waals surface area contributed by atoms with Gasteiger partial charge in [-0.1, -0.05) is 37.3 Å². The lowest BCUT2D eigenvalue weighted by Gasteiger charge is -2.26. The minimum Gasteiger partial charge on any atom is -0.497 e. The maximum Gasteiger partial charge on any atom is 0.241 e. The van der Waals surface area contributed by atoms with Crippen molar-refractivity contribution < 1.29 is 9.53 Å². The zero-order chi connectivity index (χ0) is 19.2. The molecule has 1 unspecified atom stereocenters. The number of nitrogens with one attached hydrogen (secondary N) is 1. The molecule has 1 amide bonds. The van der Waals surface area contributed by atoms with Crippen molar-refractivity contribution in [2.75, 3.05) is 32.1 Å². The van der Waals surface area contributed by atoms with Crippen LogP contribution in [-0.2, 0) is 4.79 Å². The zero-order valence-corrected chi connectivity index (χ0v) is 17.3. The molecule has 0 aliphatic carbocycles. The molecule has 1 saturated heterocycles. The number of amides is 1. The van der Waals surface area contributed by atoms with Crippen LogP contribution < -0.4 is 15.8 Å².